The largest absolute Gasteiger partial charge is 0.384 e. The molecule has 1 atom stereocenters. The summed E-state index contributed by atoms with van der Waals surface area (Å²) in [6, 6.07) is 0. The molecule has 3 heteroatoms. The lowest BCUT2D eigenvalue weighted by Gasteiger charge is -2.22. The van der Waals surface area contributed by atoms with Crippen molar-refractivity contribution in [3.8, 4) is 0 Å². The van der Waals surface area contributed by atoms with Crippen molar-refractivity contribution in [2.24, 2.45) is 0 Å². The van der Waals surface area contributed by atoms with Crippen LogP contribution in [0.25, 0.3) is 0 Å². The van der Waals surface area contributed by atoms with Crippen LogP contribution in [0.5, 0.6) is 0 Å². The van der Waals surface area contributed by atoms with Crippen LogP contribution in [0.15, 0.2) is 0 Å². The first kappa shape index (κ1) is 15.4. The summed E-state index contributed by atoms with van der Waals surface area (Å²) in [4.78, 5) is 5.01. The van der Waals surface area contributed by atoms with Gasteiger partial charge in [0.05, 0.1) is 5.69 Å². The highest BCUT2D eigenvalue weighted by atomic mass is 15.1. The summed E-state index contributed by atoms with van der Waals surface area (Å²) >= 11 is 0. The fourth-order valence-electron chi connectivity index (χ4n) is 3.57. The van der Waals surface area contributed by atoms with Crippen molar-refractivity contribution in [3.05, 3.63) is 11.5 Å². The number of rotatable bonds is 6. The number of aromatic nitrogens is 2. The Hall–Kier alpha value is -0.990. The Kier molecular flexibility index (Phi) is 5.50. The second kappa shape index (κ2) is 7.14. The number of nitrogens with two attached hydrogens (primary N) is 1. The third kappa shape index (κ3) is 3.18. The minimum Gasteiger partial charge on any atom is -0.384 e. The monoisotopic (exact) mass is 277 g/mol. The first-order valence-corrected chi connectivity index (χ1v) is 8.54. The Morgan fingerprint density at radius 2 is 1.90 bits per heavy atom. The molecule has 1 aliphatic rings. The highest BCUT2D eigenvalue weighted by Crippen LogP contribution is 2.36. The van der Waals surface area contributed by atoms with Crippen molar-refractivity contribution in [3.63, 3.8) is 0 Å². The number of imidazole rings is 1. The lowest BCUT2D eigenvalue weighted by molar-refractivity contribution is 0.414. The van der Waals surface area contributed by atoms with Crippen molar-refractivity contribution < 1.29 is 0 Å². The molecule has 0 radical (unpaired) electrons. The van der Waals surface area contributed by atoms with E-state index in [1.165, 1.54) is 50.8 Å². The molecule has 20 heavy (non-hydrogen) atoms. The lowest BCUT2D eigenvalue weighted by Crippen LogP contribution is -2.13. The average molecular weight is 277 g/mol. The molecule has 1 fully saturated rings. The zero-order chi connectivity index (χ0) is 14.5. The van der Waals surface area contributed by atoms with Crippen molar-refractivity contribution in [1.82, 2.24) is 9.55 Å². The van der Waals surface area contributed by atoms with Crippen molar-refractivity contribution in [2.45, 2.75) is 90.5 Å². The van der Waals surface area contributed by atoms with E-state index in [1.54, 1.807) is 0 Å². The highest BCUT2D eigenvalue weighted by molar-refractivity contribution is 5.41. The summed E-state index contributed by atoms with van der Waals surface area (Å²) in [5.41, 5.74) is 7.58. The molecular weight excluding hydrogens is 246 g/mol. The van der Waals surface area contributed by atoms with E-state index in [9.17, 15) is 0 Å². The van der Waals surface area contributed by atoms with Gasteiger partial charge in [-0.1, -0.05) is 46.5 Å². The molecule has 0 aromatic carbocycles. The predicted octanol–water partition coefficient (Wildman–Crippen LogP) is 4.83. The first-order valence-electron chi connectivity index (χ1n) is 8.54. The number of anilines is 1. The number of nitrogens with zero attached hydrogens (tertiary/aromatic N) is 2. The fourth-order valence-corrected chi connectivity index (χ4v) is 3.57. The maximum Gasteiger partial charge on any atom is 0.127 e. The molecule has 0 aliphatic heterocycles. The zero-order valence-electron chi connectivity index (χ0n) is 13.5. The van der Waals surface area contributed by atoms with E-state index in [-0.39, 0.29) is 0 Å². The van der Waals surface area contributed by atoms with E-state index >= 15 is 0 Å². The van der Waals surface area contributed by atoms with Gasteiger partial charge in [-0.2, -0.15) is 0 Å². The molecule has 114 valence electrons. The molecule has 1 aliphatic carbocycles. The quantitative estimate of drug-likeness (QED) is 0.809. The van der Waals surface area contributed by atoms with Crippen molar-refractivity contribution >= 4 is 5.82 Å². The Labute approximate surface area is 124 Å². The molecule has 1 aromatic heterocycles. The first-order chi connectivity index (χ1) is 9.69. The van der Waals surface area contributed by atoms with Crippen LogP contribution in [0.3, 0.4) is 0 Å². The van der Waals surface area contributed by atoms with Crippen LogP contribution >= 0.6 is 0 Å². The molecule has 0 amide bonds. The Morgan fingerprint density at radius 3 is 2.50 bits per heavy atom. The molecule has 1 aromatic rings. The highest BCUT2D eigenvalue weighted by Gasteiger charge is 2.25. The Balaban J connectivity index is 2.30. The Morgan fingerprint density at radius 1 is 1.20 bits per heavy atom. The lowest BCUT2D eigenvalue weighted by atomic mass is 9.88. The maximum absolute atomic E-state index is 6.43. The SMILES string of the molecule is CCCC(C)c1nc(C2CCCCC2)n(CCC)c1N. The summed E-state index contributed by atoms with van der Waals surface area (Å²) < 4.78 is 2.32. The van der Waals surface area contributed by atoms with Crippen LogP contribution in [-0.2, 0) is 6.54 Å². The van der Waals surface area contributed by atoms with Gasteiger partial charge in [0.1, 0.15) is 11.6 Å². The number of hydrogen-bond donors (Lipinski definition) is 1. The molecule has 0 bridgehead atoms. The predicted molar refractivity (Wildman–Crippen MR) is 86.1 cm³/mol. The van der Waals surface area contributed by atoms with E-state index in [4.69, 9.17) is 10.7 Å². The van der Waals surface area contributed by atoms with Gasteiger partial charge in [0.2, 0.25) is 0 Å². The van der Waals surface area contributed by atoms with Gasteiger partial charge >= 0.3 is 0 Å². The van der Waals surface area contributed by atoms with E-state index in [2.05, 4.69) is 25.3 Å². The van der Waals surface area contributed by atoms with Crippen LogP contribution < -0.4 is 5.73 Å². The molecule has 1 unspecified atom stereocenters. The molecular formula is C17H31N3. The van der Waals surface area contributed by atoms with E-state index in [1.807, 2.05) is 0 Å². The minimum absolute atomic E-state index is 0.487. The summed E-state index contributed by atoms with van der Waals surface area (Å²) in [6.07, 6.45) is 10.2. The average Bonchev–Trinajstić information content (AvgIpc) is 2.78. The summed E-state index contributed by atoms with van der Waals surface area (Å²) in [6.45, 7) is 7.74. The normalized spacial score (nSPS) is 18.4. The smallest absolute Gasteiger partial charge is 0.127 e. The fraction of sp³-hybridized carbons (Fsp3) is 0.824. The summed E-state index contributed by atoms with van der Waals surface area (Å²) in [7, 11) is 0. The third-order valence-electron chi connectivity index (χ3n) is 4.67. The molecule has 3 nitrogen and oxygen atoms in total. The van der Waals surface area contributed by atoms with E-state index in [0.29, 0.717) is 11.8 Å². The third-order valence-corrected chi connectivity index (χ3v) is 4.67. The summed E-state index contributed by atoms with van der Waals surface area (Å²) in [5, 5.41) is 0. The zero-order valence-corrected chi connectivity index (χ0v) is 13.5. The van der Waals surface area contributed by atoms with Gasteiger partial charge in [0.15, 0.2) is 0 Å². The number of hydrogen-bond acceptors (Lipinski definition) is 2. The van der Waals surface area contributed by atoms with Gasteiger partial charge in [0.25, 0.3) is 0 Å². The second-order valence-electron chi connectivity index (χ2n) is 6.42. The molecule has 2 N–H and O–H groups in total. The maximum atomic E-state index is 6.43. The van der Waals surface area contributed by atoms with E-state index in [0.717, 1.165) is 24.5 Å². The minimum atomic E-state index is 0.487. The van der Waals surface area contributed by atoms with Crippen LogP contribution in [-0.4, -0.2) is 9.55 Å². The number of nitrogen functional groups attached to an aromatic ring is 1. The van der Waals surface area contributed by atoms with Gasteiger partial charge in [-0.3, -0.25) is 0 Å². The summed E-state index contributed by atoms with van der Waals surface area (Å²) in [5.74, 6) is 3.34. The molecule has 1 saturated carbocycles. The van der Waals surface area contributed by atoms with Gasteiger partial charge in [-0.25, -0.2) is 4.98 Å². The van der Waals surface area contributed by atoms with Crippen LogP contribution in [0.1, 0.15) is 95.5 Å². The molecule has 2 rings (SSSR count). The second-order valence-corrected chi connectivity index (χ2v) is 6.42. The standard InChI is InChI=1S/C17H31N3/c1-4-9-13(3)15-16(18)20(12-5-2)17(19-15)14-10-7-6-8-11-14/h13-14H,4-12,18H2,1-3H3. The molecule has 0 spiro atoms. The van der Waals surface area contributed by atoms with Gasteiger partial charge in [-0.05, 0) is 25.7 Å². The van der Waals surface area contributed by atoms with Gasteiger partial charge in [0, 0.05) is 18.4 Å². The van der Waals surface area contributed by atoms with Crippen molar-refractivity contribution in [1.29, 1.82) is 0 Å². The van der Waals surface area contributed by atoms with Crippen LogP contribution in [0, 0.1) is 0 Å². The molecule has 1 heterocycles. The van der Waals surface area contributed by atoms with Gasteiger partial charge < -0.3 is 10.3 Å². The van der Waals surface area contributed by atoms with Gasteiger partial charge in [-0.15, -0.1) is 0 Å². The van der Waals surface area contributed by atoms with Crippen molar-refractivity contribution in [2.75, 3.05) is 5.73 Å². The Bertz CT molecular complexity index is 416. The molecule has 0 saturated heterocycles. The van der Waals surface area contributed by atoms with Crippen LogP contribution in [0.2, 0.25) is 0 Å². The van der Waals surface area contributed by atoms with E-state index < -0.39 is 0 Å². The topological polar surface area (TPSA) is 43.8 Å². The van der Waals surface area contributed by atoms with Crippen LogP contribution in [0.4, 0.5) is 5.82 Å².